The van der Waals surface area contributed by atoms with Crippen molar-refractivity contribution in [1.29, 1.82) is 0 Å². The molecule has 0 aliphatic carbocycles. The van der Waals surface area contributed by atoms with E-state index in [9.17, 15) is 9.59 Å². The van der Waals surface area contributed by atoms with E-state index in [1.807, 2.05) is 55.1 Å². The Balaban J connectivity index is 1.38. The van der Waals surface area contributed by atoms with E-state index < -0.39 is 0 Å². The van der Waals surface area contributed by atoms with Crippen LogP contribution in [0.5, 0.6) is 5.75 Å². The van der Waals surface area contributed by atoms with Gasteiger partial charge in [0.2, 0.25) is 5.91 Å². The number of nitrogens with one attached hydrogen (secondary N) is 1. The number of ether oxygens (including phenoxy) is 1. The van der Waals surface area contributed by atoms with Crippen LogP contribution >= 0.6 is 12.6 Å². The first-order valence-corrected chi connectivity index (χ1v) is 11.0. The van der Waals surface area contributed by atoms with Gasteiger partial charge in [-0.2, -0.15) is 0 Å². The van der Waals surface area contributed by atoms with Gasteiger partial charge in [0.25, 0.3) is 5.91 Å². The largest absolute Gasteiger partial charge is 0.493 e. The van der Waals surface area contributed by atoms with Crippen molar-refractivity contribution in [2.45, 2.75) is 50.5 Å². The lowest BCUT2D eigenvalue weighted by atomic mass is 10.0. The maximum atomic E-state index is 12.5. The molecule has 0 radical (unpaired) electrons. The van der Waals surface area contributed by atoms with E-state index in [0.29, 0.717) is 43.0 Å². The third kappa shape index (κ3) is 5.79. The molecule has 0 bridgehead atoms. The highest BCUT2D eigenvalue weighted by atomic mass is 32.1. The molecule has 0 spiro atoms. The minimum absolute atomic E-state index is 0.0850. The monoisotopic (exact) mass is 426 g/mol. The average molecular weight is 427 g/mol. The van der Waals surface area contributed by atoms with Gasteiger partial charge in [-0.15, -0.1) is 12.6 Å². The molecule has 30 heavy (non-hydrogen) atoms. The van der Waals surface area contributed by atoms with Gasteiger partial charge < -0.3 is 15.0 Å². The van der Waals surface area contributed by atoms with E-state index in [-0.39, 0.29) is 17.9 Å². The molecule has 0 atom stereocenters. The minimum Gasteiger partial charge on any atom is -0.493 e. The number of carbonyl (C=O) groups excluding carboxylic acids is 2. The third-order valence-electron chi connectivity index (χ3n) is 5.52. The predicted octanol–water partition coefficient (Wildman–Crippen LogP) is 4.17. The second kappa shape index (κ2) is 10.5. The number of amides is 2. The molecule has 1 aliphatic rings. The first-order chi connectivity index (χ1) is 14.5. The molecule has 1 heterocycles. The SMILES string of the molecule is Cc1cccc(C)c1OCCCC(=O)N1CCC(NC(=O)c2ccccc2S)CC1. The molecule has 3 rings (SSSR count). The number of hydrogen-bond acceptors (Lipinski definition) is 4. The lowest BCUT2D eigenvalue weighted by Crippen LogP contribution is -2.46. The number of aryl methyl sites for hydroxylation is 2. The Kier molecular flexibility index (Phi) is 7.80. The number of rotatable bonds is 7. The zero-order valence-corrected chi connectivity index (χ0v) is 18.6. The molecule has 2 aromatic carbocycles. The summed E-state index contributed by atoms with van der Waals surface area (Å²) in [5.74, 6) is 0.976. The quantitative estimate of drug-likeness (QED) is 0.516. The van der Waals surface area contributed by atoms with Crippen LogP contribution in [0.3, 0.4) is 0 Å². The highest BCUT2D eigenvalue weighted by Gasteiger charge is 2.24. The Morgan fingerprint density at radius 2 is 1.73 bits per heavy atom. The summed E-state index contributed by atoms with van der Waals surface area (Å²) in [5, 5.41) is 3.07. The van der Waals surface area contributed by atoms with Gasteiger partial charge in [-0.05, 0) is 56.4 Å². The molecule has 1 aliphatic heterocycles. The average Bonchev–Trinajstić information content (AvgIpc) is 2.73. The van der Waals surface area contributed by atoms with Crippen LogP contribution in [0.15, 0.2) is 47.4 Å². The number of piperidine rings is 1. The molecule has 1 saturated heterocycles. The molecule has 0 unspecified atom stereocenters. The third-order valence-corrected chi connectivity index (χ3v) is 5.91. The van der Waals surface area contributed by atoms with Crippen LogP contribution in [0.25, 0.3) is 0 Å². The number of likely N-dealkylation sites (tertiary alicyclic amines) is 1. The van der Waals surface area contributed by atoms with Crippen molar-refractivity contribution in [2.24, 2.45) is 0 Å². The second-order valence-electron chi connectivity index (χ2n) is 7.82. The van der Waals surface area contributed by atoms with Gasteiger partial charge in [0, 0.05) is 30.4 Å². The Labute approximate surface area is 184 Å². The van der Waals surface area contributed by atoms with E-state index in [4.69, 9.17) is 4.74 Å². The Hall–Kier alpha value is -2.47. The molecule has 5 nitrogen and oxygen atoms in total. The first-order valence-electron chi connectivity index (χ1n) is 10.5. The molecule has 2 aromatic rings. The summed E-state index contributed by atoms with van der Waals surface area (Å²) in [6.45, 7) is 5.94. The van der Waals surface area contributed by atoms with E-state index in [1.165, 1.54) is 0 Å². The lowest BCUT2D eigenvalue weighted by Gasteiger charge is -2.32. The van der Waals surface area contributed by atoms with Gasteiger partial charge in [0.1, 0.15) is 5.75 Å². The zero-order chi connectivity index (χ0) is 21.5. The van der Waals surface area contributed by atoms with Crippen molar-refractivity contribution < 1.29 is 14.3 Å². The second-order valence-corrected chi connectivity index (χ2v) is 8.30. The van der Waals surface area contributed by atoms with Gasteiger partial charge in [0.05, 0.1) is 12.2 Å². The normalized spacial score (nSPS) is 14.4. The summed E-state index contributed by atoms with van der Waals surface area (Å²) in [6.07, 6.45) is 2.72. The summed E-state index contributed by atoms with van der Waals surface area (Å²) in [6, 6.07) is 13.4. The van der Waals surface area contributed by atoms with Gasteiger partial charge in [-0.3, -0.25) is 9.59 Å². The molecule has 1 fully saturated rings. The molecule has 6 heteroatoms. The predicted molar refractivity (Wildman–Crippen MR) is 121 cm³/mol. The highest BCUT2D eigenvalue weighted by Crippen LogP contribution is 2.22. The van der Waals surface area contributed by atoms with Crippen molar-refractivity contribution >= 4 is 24.4 Å². The number of hydrogen-bond donors (Lipinski definition) is 2. The number of thiol groups is 1. The van der Waals surface area contributed by atoms with E-state index >= 15 is 0 Å². The lowest BCUT2D eigenvalue weighted by molar-refractivity contribution is -0.132. The van der Waals surface area contributed by atoms with Crippen LogP contribution < -0.4 is 10.1 Å². The Morgan fingerprint density at radius 3 is 2.40 bits per heavy atom. The van der Waals surface area contributed by atoms with Crippen LogP contribution in [-0.4, -0.2) is 42.5 Å². The van der Waals surface area contributed by atoms with E-state index in [1.54, 1.807) is 6.07 Å². The molecule has 0 aromatic heterocycles. The van der Waals surface area contributed by atoms with Gasteiger partial charge in [-0.25, -0.2) is 0 Å². The van der Waals surface area contributed by atoms with Crippen LogP contribution in [0.1, 0.15) is 47.2 Å². The molecule has 2 amide bonds. The van der Waals surface area contributed by atoms with Crippen molar-refractivity contribution in [3.05, 3.63) is 59.2 Å². The summed E-state index contributed by atoms with van der Waals surface area (Å²) < 4.78 is 5.89. The zero-order valence-electron chi connectivity index (χ0n) is 17.7. The van der Waals surface area contributed by atoms with Crippen molar-refractivity contribution in [1.82, 2.24) is 10.2 Å². The van der Waals surface area contributed by atoms with Gasteiger partial charge >= 0.3 is 0 Å². The van der Waals surface area contributed by atoms with Crippen molar-refractivity contribution in [3.8, 4) is 5.75 Å². The molecular formula is C24H30N2O3S. The maximum absolute atomic E-state index is 12.5. The number of nitrogens with zero attached hydrogens (tertiary/aromatic N) is 1. The van der Waals surface area contributed by atoms with Crippen LogP contribution in [0, 0.1) is 13.8 Å². The van der Waals surface area contributed by atoms with Gasteiger partial charge in [0.15, 0.2) is 0 Å². The number of benzene rings is 2. The van der Waals surface area contributed by atoms with E-state index in [2.05, 4.69) is 17.9 Å². The fourth-order valence-corrected chi connectivity index (χ4v) is 4.05. The standard InChI is InChI=1S/C24H30N2O3S/c1-17-7-5-8-18(2)23(17)29-16-6-11-22(27)26-14-12-19(13-15-26)25-24(28)20-9-3-4-10-21(20)30/h3-5,7-10,19,30H,6,11-16H2,1-2H3,(H,25,28). The van der Waals surface area contributed by atoms with E-state index in [0.717, 1.165) is 29.7 Å². The van der Waals surface area contributed by atoms with Crippen LogP contribution in [-0.2, 0) is 4.79 Å². The summed E-state index contributed by atoms with van der Waals surface area (Å²) >= 11 is 4.35. The summed E-state index contributed by atoms with van der Waals surface area (Å²) in [7, 11) is 0. The van der Waals surface area contributed by atoms with Crippen LogP contribution in [0.4, 0.5) is 0 Å². The molecular weight excluding hydrogens is 396 g/mol. The molecule has 0 saturated carbocycles. The maximum Gasteiger partial charge on any atom is 0.252 e. The van der Waals surface area contributed by atoms with Gasteiger partial charge in [-0.1, -0.05) is 30.3 Å². The fourth-order valence-electron chi connectivity index (χ4n) is 3.78. The Morgan fingerprint density at radius 1 is 1.07 bits per heavy atom. The minimum atomic E-state index is -0.103. The number of carbonyl (C=O) groups is 2. The Bertz CT molecular complexity index is 872. The topological polar surface area (TPSA) is 58.6 Å². The molecule has 1 N–H and O–H groups in total. The fraction of sp³-hybridized carbons (Fsp3) is 0.417. The molecule has 160 valence electrons. The smallest absolute Gasteiger partial charge is 0.252 e. The highest BCUT2D eigenvalue weighted by molar-refractivity contribution is 7.80. The van der Waals surface area contributed by atoms with Crippen molar-refractivity contribution in [3.63, 3.8) is 0 Å². The number of para-hydroxylation sites is 1. The van der Waals surface area contributed by atoms with Crippen LogP contribution in [0.2, 0.25) is 0 Å². The summed E-state index contributed by atoms with van der Waals surface area (Å²) in [5.41, 5.74) is 2.82. The first kappa shape index (κ1) is 22.2. The van der Waals surface area contributed by atoms with Crippen molar-refractivity contribution in [2.75, 3.05) is 19.7 Å². The summed E-state index contributed by atoms with van der Waals surface area (Å²) in [4.78, 5) is 27.5.